The minimum atomic E-state index is -0.393. The van der Waals surface area contributed by atoms with Crippen LogP contribution in [0.5, 0.6) is 0 Å². The first-order valence-electron chi connectivity index (χ1n) is 9.37. The van der Waals surface area contributed by atoms with Crippen LogP contribution >= 0.6 is 0 Å². The standard InChI is InChI=1S/C19H31N3O4/c1-14-17(18(23)24-3)12-16(26-14)13-22-19(20-2)21-10-11-25-15-8-6-4-5-7-9-15/h12,15H,4-11,13H2,1-3H3,(H2,20,21,22). The van der Waals surface area contributed by atoms with Crippen LogP contribution in [-0.2, 0) is 16.0 Å². The van der Waals surface area contributed by atoms with Crippen LogP contribution in [0.4, 0.5) is 0 Å². The van der Waals surface area contributed by atoms with Gasteiger partial charge in [-0.05, 0) is 25.8 Å². The van der Waals surface area contributed by atoms with Gasteiger partial charge in [-0.25, -0.2) is 4.79 Å². The van der Waals surface area contributed by atoms with Crippen molar-refractivity contribution in [2.75, 3.05) is 27.3 Å². The van der Waals surface area contributed by atoms with E-state index in [2.05, 4.69) is 15.6 Å². The molecule has 0 amide bonds. The summed E-state index contributed by atoms with van der Waals surface area (Å²) in [5.41, 5.74) is 0.448. The minimum Gasteiger partial charge on any atom is -0.465 e. The number of guanidine groups is 1. The molecule has 7 heteroatoms. The number of rotatable bonds is 7. The maximum atomic E-state index is 11.6. The van der Waals surface area contributed by atoms with Gasteiger partial charge in [0.05, 0.1) is 26.4 Å². The van der Waals surface area contributed by atoms with E-state index in [1.807, 2.05) is 0 Å². The Hall–Kier alpha value is -2.02. The Bertz CT molecular complexity index is 590. The second-order valence-electron chi connectivity index (χ2n) is 6.51. The lowest BCUT2D eigenvalue weighted by Gasteiger charge is -2.16. The topological polar surface area (TPSA) is 85.1 Å². The highest BCUT2D eigenvalue weighted by atomic mass is 16.5. The Labute approximate surface area is 155 Å². The molecule has 0 unspecified atom stereocenters. The highest BCUT2D eigenvalue weighted by Gasteiger charge is 2.15. The normalized spacial score (nSPS) is 16.2. The first-order chi connectivity index (χ1) is 12.6. The molecule has 1 aliphatic rings. The number of nitrogens with one attached hydrogen (secondary N) is 2. The predicted molar refractivity (Wildman–Crippen MR) is 100 cm³/mol. The van der Waals surface area contributed by atoms with E-state index in [1.165, 1.54) is 45.6 Å². The molecular formula is C19H31N3O4. The van der Waals surface area contributed by atoms with Crippen molar-refractivity contribution in [3.63, 3.8) is 0 Å². The lowest BCUT2D eigenvalue weighted by Crippen LogP contribution is -2.38. The molecule has 0 aromatic carbocycles. The number of esters is 1. The molecule has 7 nitrogen and oxygen atoms in total. The highest BCUT2D eigenvalue weighted by molar-refractivity contribution is 5.90. The van der Waals surface area contributed by atoms with E-state index in [9.17, 15) is 4.79 Å². The molecule has 0 bridgehead atoms. The molecule has 1 heterocycles. The summed E-state index contributed by atoms with van der Waals surface area (Å²) >= 11 is 0. The summed E-state index contributed by atoms with van der Waals surface area (Å²) in [4.78, 5) is 15.8. The quantitative estimate of drug-likeness (QED) is 0.254. The van der Waals surface area contributed by atoms with Gasteiger partial charge in [0.2, 0.25) is 0 Å². The average Bonchev–Trinajstić information content (AvgIpc) is 2.85. The number of furan rings is 1. The lowest BCUT2D eigenvalue weighted by molar-refractivity contribution is 0.0468. The SMILES string of the molecule is CN=C(NCCOC1CCCCCC1)NCc1cc(C(=O)OC)c(C)o1. The summed E-state index contributed by atoms with van der Waals surface area (Å²) < 4.78 is 16.3. The first kappa shape index (κ1) is 20.3. The number of methoxy groups -OCH3 is 1. The van der Waals surface area contributed by atoms with E-state index in [1.54, 1.807) is 20.0 Å². The van der Waals surface area contributed by atoms with Gasteiger partial charge in [0.15, 0.2) is 5.96 Å². The number of aryl methyl sites for hydroxylation is 1. The number of carbonyl (C=O) groups is 1. The highest BCUT2D eigenvalue weighted by Crippen LogP contribution is 2.19. The van der Waals surface area contributed by atoms with Crippen LogP contribution in [0.1, 0.15) is 60.4 Å². The zero-order chi connectivity index (χ0) is 18.8. The van der Waals surface area contributed by atoms with Crippen molar-refractivity contribution in [1.29, 1.82) is 0 Å². The molecule has 1 fully saturated rings. The molecule has 1 saturated carbocycles. The van der Waals surface area contributed by atoms with Gasteiger partial charge in [-0.2, -0.15) is 0 Å². The lowest BCUT2D eigenvalue weighted by atomic mass is 10.1. The second kappa shape index (κ2) is 10.9. The van der Waals surface area contributed by atoms with Crippen LogP contribution in [0.25, 0.3) is 0 Å². The zero-order valence-corrected chi connectivity index (χ0v) is 16.1. The summed E-state index contributed by atoms with van der Waals surface area (Å²) in [6.45, 7) is 3.53. The van der Waals surface area contributed by atoms with Gasteiger partial charge in [0.1, 0.15) is 17.1 Å². The molecular weight excluding hydrogens is 334 g/mol. The molecule has 0 saturated heterocycles. The van der Waals surface area contributed by atoms with Gasteiger partial charge < -0.3 is 24.5 Å². The summed E-state index contributed by atoms with van der Waals surface area (Å²) in [6.07, 6.45) is 7.96. The second-order valence-corrected chi connectivity index (χ2v) is 6.51. The Kier molecular flexibility index (Phi) is 8.47. The summed E-state index contributed by atoms with van der Waals surface area (Å²) in [6, 6.07) is 1.69. The summed E-state index contributed by atoms with van der Waals surface area (Å²) in [5, 5.41) is 6.40. The molecule has 0 aliphatic heterocycles. The van der Waals surface area contributed by atoms with Crippen LogP contribution in [0.3, 0.4) is 0 Å². The third-order valence-electron chi connectivity index (χ3n) is 4.58. The fourth-order valence-electron chi connectivity index (χ4n) is 3.14. The van der Waals surface area contributed by atoms with Crippen molar-refractivity contribution in [1.82, 2.24) is 10.6 Å². The predicted octanol–water partition coefficient (Wildman–Crippen LogP) is 2.78. The maximum Gasteiger partial charge on any atom is 0.341 e. The molecule has 0 atom stereocenters. The van der Waals surface area contributed by atoms with Crippen LogP contribution in [0, 0.1) is 6.92 Å². The van der Waals surface area contributed by atoms with Crippen molar-refractivity contribution in [3.8, 4) is 0 Å². The van der Waals surface area contributed by atoms with Crippen molar-refractivity contribution in [2.45, 2.75) is 58.1 Å². The molecule has 0 radical (unpaired) electrons. The van der Waals surface area contributed by atoms with E-state index in [4.69, 9.17) is 13.9 Å². The molecule has 0 spiro atoms. The van der Waals surface area contributed by atoms with E-state index in [0.29, 0.717) is 48.8 Å². The molecule has 1 aromatic heterocycles. The number of ether oxygens (including phenoxy) is 2. The van der Waals surface area contributed by atoms with Crippen molar-refractivity contribution < 1.29 is 18.7 Å². The molecule has 26 heavy (non-hydrogen) atoms. The number of hydrogen-bond donors (Lipinski definition) is 2. The van der Waals surface area contributed by atoms with Crippen LogP contribution in [0.2, 0.25) is 0 Å². The van der Waals surface area contributed by atoms with E-state index >= 15 is 0 Å². The molecule has 2 rings (SSSR count). The van der Waals surface area contributed by atoms with Crippen LogP contribution in [0.15, 0.2) is 15.5 Å². The van der Waals surface area contributed by atoms with Gasteiger partial charge in [-0.15, -0.1) is 0 Å². The summed E-state index contributed by atoms with van der Waals surface area (Å²) in [7, 11) is 3.07. The maximum absolute atomic E-state index is 11.6. The summed E-state index contributed by atoms with van der Waals surface area (Å²) in [5.74, 6) is 1.48. The molecule has 1 aliphatic carbocycles. The van der Waals surface area contributed by atoms with Gasteiger partial charge in [0.25, 0.3) is 0 Å². The Morgan fingerprint density at radius 3 is 2.65 bits per heavy atom. The average molecular weight is 365 g/mol. The van der Waals surface area contributed by atoms with E-state index < -0.39 is 5.97 Å². The molecule has 1 aromatic rings. The zero-order valence-electron chi connectivity index (χ0n) is 16.1. The Morgan fingerprint density at radius 1 is 1.27 bits per heavy atom. The largest absolute Gasteiger partial charge is 0.465 e. The van der Waals surface area contributed by atoms with Crippen LogP contribution in [-0.4, -0.2) is 45.3 Å². The van der Waals surface area contributed by atoms with Gasteiger partial charge >= 0.3 is 5.97 Å². The smallest absolute Gasteiger partial charge is 0.341 e. The van der Waals surface area contributed by atoms with E-state index in [-0.39, 0.29) is 0 Å². The van der Waals surface area contributed by atoms with Gasteiger partial charge in [-0.3, -0.25) is 4.99 Å². The van der Waals surface area contributed by atoms with E-state index in [0.717, 1.165) is 0 Å². The van der Waals surface area contributed by atoms with Crippen LogP contribution < -0.4 is 10.6 Å². The first-order valence-corrected chi connectivity index (χ1v) is 9.37. The fraction of sp³-hybridized carbons (Fsp3) is 0.684. The minimum absolute atomic E-state index is 0.393. The third kappa shape index (κ3) is 6.37. The Morgan fingerprint density at radius 2 is 2.00 bits per heavy atom. The monoisotopic (exact) mass is 365 g/mol. The third-order valence-corrected chi connectivity index (χ3v) is 4.58. The number of carbonyl (C=O) groups excluding carboxylic acids is 1. The fourth-order valence-corrected chi connectivity index (χ4v) is 3.14. The number of hydrogen-bond acceptors (Lipinski definition) is 5. The van der Waals surface area contributed by atoms with Crippen molar-refractivity contribution >= 4 is 11.9 Å². The molecule has 146 valence electrons. The number of nitrogens with zero attached hydrogens (tertiary/aromatic N) is 1. The van der Waals surface area contributed by atoms with Gasteiger partial charge in [-0.1, -0.05) is 25.7 Å². The number of aliphatic imine (C=N–C) groups is 1. The van der Waals surface area contributed by atoms with Crippen molar-refractivity contribution in [2.24, 2.45) is 4.99 Å². The Balaban J connectivity index is 1.70. The molecule has 2 N–H and O–H groups in total. The van der Waals surface area contributed by atoms with Crippen molar-refractivity contribution in [3.05, 3.63) is 23.2 Å². The van der Waals surface area contributed by atoms with Gasteiger partial charge in [0, 0.05) is 13.6 Å².